The Morgan fingerprint density at radius 1 is 1.17 bits per heavy atom. The van der Waals surface area contributed by atoms with Crippen LogP contribution in [0.4, 0.5) is 0 Å². The maximum absolute atomic E-state index is 10.4. The van der Waals surface area contributed by atoms with Crippen LogP contribution >= 0.6 is 0 Å². The molecule has 0 amide bonds. The van der Waals surface area contributed by atoms with Gasteiger partial charge in [-0.25, -0.2) is 0 Å². The van der Waals surface area contributed by atoms with E-state index in [2.05, 4.69) is 17.6 Å². The minimum absolute atomic E-state index is 0.175. The van der Waals surface area contributed by atoms with Crippen LogP contribution in [0.3, 0.4) is 0 Å². The van der Waals surface area contributed by atoms with Crippen molar-refractivity contribution in [2.24, 2.45) is 0 Å². The second-order valence-corrected chi connectivity index (χ2v) is 2.87. The Labute approximate surface area is 74.9 Å². The fourth-order valence-corrected chi connectivity index (χ4v) is 1.42. The molecule has 0 unspecified atom stereocenters. The van der Waals surface area contributed by atoms with Gasteiger partial charge in [0.25, 0.3) is 0 Å². The zero-order valence-electron chi connectivity index (χ0n) is 8.31. The predicted molar refractivity (Wildman–Crippen MR) is 51.1 cm³/mol. The summed E-state index contributed by atoms with van der Waals surface area (Å²) in [6.45, 7) is 7.94. The Kier molecular flexibility index (Phi) is 5.93. The van der Waals surface area contributed by atoms with Crippen LogP contribution in [0.5, 0.6) is 0 Å². The monoisotopic (exact) mass is 172 g/mol. The molecule has 0 aromatic heterocycles. The molecule has 2 N–H and O–H groups in total. The zero-order chi connectivity index (χ0) is 9.45. The first kappa shape index (κ1) is 11.6. The molecule has 0 spiro atoms. The Balaban J connectivity index is 4.15. The van der Waals surface area contributed by atoms with Crippen molar-refractivity contribution >= 4 is 6.29 Å². The molecule has 3 nitrogen and oxygen atoms in total. The van der Waals surface area contributed by atoms with Crippen molar-refractivity contribution in [2.45, 2.75) is 39.3 Å². The smallest absolute Gasteiger partial charge is 0.123 e. The first-order valence-corrected chi connectivity index (χ1v) is 4.68. The Morgan fingerprint density at radius 2 is 1.67 bits per heavy atom. The van der Waals surface area contributed by atoms with Gasteiger partial charge in [-0.15, -0.1) is 0 Å². The van der Waals surface area contributed by atoms with E-state index in [1.807, 2.05) is 13.8 Å². The summed E-state index contributed by atoms with van der Waals surface area (Å²) < 4.78 is 0. The van der Waals surface area contributed by atoms with Crippen LogP contribution in [0.2, 0.25) is 0 Å². The van der Waals surface area contributed by atoms with E-state index in [-0.39, 0.29) is 5.66 Å². The SMILES string of the molecule is CCNC(CC)(CC=O)NCC. The van der Waals surface area contributed by atoms with Crippen molar-refractivity contribution in [3.8, 4) is 0 Å². The van der Waals surface area contributed by atoms with Gasteiger partial charge in [0, 0.05) is 6.42 Å². The summed E-state index contributed by atoms with van der Waals surface area (Å²) in [6.07, 6.45) is 2.42. The maximum atomic E-state index is 10.4. The van der Waals surface area contributed by atoms with Gasteiger partial charge in [-0.1, -0.05) is 20.8 Å². The fourth-order valence-electron chi connectivity index (χ4n) is 1.42. The molecular formula is C9H20N2O. The lowest BCUT2D eigenvalue weighted by Crippen LogP contribution is -2.56. The van der Waals surface area contributed by atoms with Crippen molar-refractivity contribution in [1.82, 2.24) is 10.6 Å². The average Bonchev–Trinajstić information content (AvgIpc) is 2.06. The Morgan fingerprint density at radius 3 is 1.92 bits per heavy atom. The molecular weight excluding hydrogens is 152 g/mol. The highest BCUT2D eigenvalue weighted by molar-refractivity contribution is 5.51. The van der Waals surface area contributed by atoms with Crippen LogP contribution in [0.1, 0.15) is 33.6 Å². The lowest BCUT2D eigenvalue weighted by Gasteiger charge is -2.32. The highest BCUT2D eigenvalue weighted by Gasteiger charge is 2.24. The van der Waals surface area contributed by atoms with Gasteiger partial charge < -0.3 is 4.79 Å². The molecule has 0 atom stereocenters. The van der Waals surface area contributed by atoms with Gasteiger partial charge in [-0.3, -0.25) is 10.6 Å². The lowest BCUT2D eigenvalue weighted by molar-refractivity contribution is -0.109. The number of hydrogen-bond acceptors (Lipinski definition) is 3. The van der Waals surface area contributed by atoms with E-state index >= 15 is 0 Å². The maximum Gasteiger partial charge on any atom is 0.123 e. The van der Waals surface area contributed by atoms with Gasteiger partial charge in [0.15, 0.2) is 0 Å². The summed E-state index contributed by atoms with van der Waals surface area (Å²) in [5.41, 5.74) is -0.175. The van der Waals surface area contributed by atoms with Crippen molar-refractivity contribution in [2.75, 3.05) is 13.1 Å². The third-order valence-corrected chi connectivity index (χ3v) is 2.07. The second kappa shape index (κ2) is 6.14. The Bertz CT molecular complexity index is 120. The standard InChI is InChI=1S/C9H20N2O/c1-4-9(7-8-12,10-5-2)11-6-3/h8,10-11H,4-7H2,1-3H3. The molecule has 0 aliphatic rings. The lowest BCUT2D eigenvalue weighted by atomic mass is 10.0. The summed E-state index contributed by atoms with van der Waals surface area (Å²) >= 11 is 0. The number of hydrogen-bond donors (Lipinski definition) is 2. The normalized spacial score (nSPS) is 11.6. The highest BCUT2D eigenvalue weighted by Crippen LogP contribution is 2.09. The van der Waals surface area contributed by atoms with Gasteiger partial charge >= 0.3 is 0 Å². The number of carbonyl (C=O) groups is 1. The highest BCUT2D eigenvalue weighted by atomic mass is 16.1. The molecule has 3 heteroatoms. The summed E-state index contributed by atoms with van der Waals surface area (Å²) in [4.78, 5) is 10.4. The molecule has 0 bridgehead atoms. The van der Waals surface area contributed by atoms with Gasteiger partial charge in [0.2, 0.25) is 0 Å². The third kappa shape index (κ3) is 3.32. The molecule has 0 aliphatic heterocycles. The summed E-state index contributed by atoms with van der Waals surface area (Å²) in [6, 6.07) is 0. The quantitative estimate of drug-likeness (QED) is 0.443. The van der Waals surface area contributed by atoms with E-state index in [0.717, 1.165) is 25.8 Å². The van der Waals surface area contributed by atoms with Crippen LogP contribution in [0.25, 0.3) is 0 Å². The van der Waals surface area contributed by atoms with E-state index < -0.39 is 0 Å². The first-order chi connectivity index (χ1) is 5.74. The van der Waals surface area contributed by atoms with E-state index in [9.17, 15) is 4.79 Å². The topological polar surface area (TPSA) is 41.1 Å². The molecule has 0 fully saturated rings. The van der Waals surface area contributed by atoms with Crippen LogP contribution in [0.15, 0.2) is 0 Å². The van der Waals surface area contributed by atoms with Crippen molar-refractivity contribution < 1.29 is 4.79 Å². The predicted octanol–water partition coefficient (Wildman–Crippen LogP) is 0.901. The van der Waals surface area contributed by atoms with E-state index in [1.165, 1.54) is 0 Å². The molecule has 0 heterocycles. The minimum Gasteiger partial charge on any atom is -0.303 e. The van der Waals surface area contributed by atoms with Crippen molar-refractivity contribution in [3.05, 3.63) is 0 Å². The number of rotatable bonds is 7. The first-order valence-electron chi connectivity index (χ1n) is 4.68. The van der Waals surface area contributed by atoms with E-state index in [1.54, 1.807) is 0 Å². The summed E-state index contributed by atoms with van der Waals surface area (Å²) in [5, 5.41) is 6.61. The molecule has 0 saturated heterocycles. The molecule has 72 valence electrons. The van der Waals surface area contributed by atoms with Gasteiger partial charge in [0.05, 0.1) is 5.66 Å². The van der Waals surface area contributed by atoms with Crippen LogP contribution in [-0.4, -0.2) is 25.0 Å². The molecule has 0 radical (unpaired) electrons. The van der Waals surface area contributed by atoms with Crippen LogP contribution < -0.4 is 10.6 Å². The molecule has 0 aliphatic carbocycles. The number of aldehydes is 1. The molecule has 0 rings (SSSR count). The third-order valence-electron chi connectivity index (χ3n) is 2.07. The van der Waals surface area contributed by atoms with Crippen molar-refractivity contribution in [1.29, 1.82) is 0 Å². The van der Waals surface area contributed by atoms with Crippen LogP contribution in [-0.2, 0) is 4.79 Å². The largest absolute Gasteiger partial charge is 0.303 e. The zero-order valence-corrected chi connectivity index (χ0v) is 8.31. The van der Waals surface area contributed by atoms with E-state index in [0.29, 0.717) is 6.42 Å². The summed E-state index contributed by atoms with van der Waals surface area (Å²) in [5.74, 6) is 0. The summed E-state index contributed by atoms with van der Waals surface area (Å²) in [7, 11) is 0. The van der Waals surface area contributed by atoms with Gasteiger partial charge in [-0.05, 0) is 19.5 Å². The van der Waals surface area contributed by atoms with Gasteiger partial charge in [0.1, 0.15) is 6.29 Å². The fraction of sp³-hybridized carbons (Fsp3) is 0.889. The average molecular weight is 172 g/mol. The molecule has 0 aromatic rings. The second-order valence-electron chi connectivity index (χ2n) is 2.87. The molecule has 12 heavy (non-hydrogen) atoms. The Hall–Kier alpha value is -0.410. The minimum atomic E-state index is -0.175. The van der Waals surface area contributed by atoms with Crippen molar-refractivity contribution in [3.63, 3.8) is 0 Å². The molecule has 0 saturated carbocycles. The van der Waals surface area contributed by atoms with E-state index in [4.69, 9.17) is 0 Å². The molecule has 0 aromatic carbocycles. The number of carbonyl (C=O) groups excluding carboxylic acids is 1. The number of nitrogens with one attached hydrogen (secondary N) is 2. The van der Waals surface area contributed by atoms with Crippen LogP contribution in [0, 0.1) is 0 Å². The van der Waals surface area contributed by atoms with Gasteiger partial charge in [-0.2, -0.15) is 0 Å².